The molecular weight excluding hydrogens is 394 g/mol. The highest BCUT2D eigenvalue weighted by Crippen LogP contribution is 2.28. The van der Waals surface area contributed by atoms with Crippen LogP contribution in [-0.4, -0.2) is 42.9 Å². The van der Waals surface area contributed by atoms with E-state index in [2.05, 4.69) is 10.6 Å². The molecule has 1 aliphatic rings. The molecule has 8 nitrogen and oxygen atoms in total. The van der Waals surface area contributed by atoms with Crippen molar-refractivity contribution in [2.45, 2.75) is 19.9 Å². The summed E-state index contributed by atoms with van der Waals surface area (Å²) in [6.45, 7) is 2.86. The third-order valence-electron chi connectivity index (χ3n) is 4.36. The summed E-state index contributed by atoms with van der Waals surface area (Å²) in [5.41, 5.74) is 1.06. The summed E-state index contributed by atoms with van der Waals surface area (Å²) in [7, 11) is 0. The molecule has 1 atom stereocenters. The summed E-state index contributed by atoms with van der Waals surface area (Å²) in [5, 5.41) is 7.11. The van der Waals surface area contributed by atoms with Gasteiger partial charge in [-0.25, -0.2) is 4.79 Å². The number of nitrogens with one attached hydrogen (secondary N) is 2. The molecule has 0 saturated carbocycles. The molecule has 0 radical (unpaired) electrons. The molecule has 0 unspecified atom stereocenters. The van der Waals surface area contributed by atoms with Crippen molar-refractivity contribution in [1.29, 1.82) is 0 Å². The van der Waals surface area contributed by atoms with E-state index in [1.807, 2.05) is 0 Å². The number of rotatable bonds is 6. The minimum atomic E-state index is -0.894. The van der Waals surface area contributed by atoms with E-state index in [0.717, 1.165) is 0 Å². The second-order valence-electron chi connectivity index (χ2n) is 6.83. The highest BCUT2D eigenvalue weighted by Gasteiger charge is 2.30. The molecule has 2 heterocycles. The Morgan fingerprint density at radius 1 is 1.21 bits per heavy atom. The van der Waals surface area contributed by atoms with E-state index in [-0.39, 0.29) is 24.3 Å². The van der Waals surface area contributed by atoms with E-state index in [0.29, 0.717) is 16.3 Å². The van der Waals surface area contributed by atoms with Crippen LogP contribution in [0.3, 0.4) is 0 Å². The number of para-hydroxylation sites is 2. The molecule has 0 aliphatic carbocycles. The van der Waals surface area contributed by atoms with E-state index >= 15 is 0 Å². The number of nitrogens with zero attached hydrogens (tertiary/aromatic N) is 1. The molecule has 3 rings (SSSR count). The van der Waals surface area contributed by atoms with Crippen molar-refractivity contribution in [3.8, 4) is 0 Å². The number of amides is 3. The topological polar surface area (TPSA) is 105 Å². The second kappa shape index (κ2) is 8.87. The standard InChI is InChI=1S/C20H21N3O5S/c1-12(2)18(22-19(26)15-8-5-9-29-15)20(27)28-11-17(25)23-10-16(24)21-13-6-3-4-7-14(13)23/h3-9,12,18H,10-11H2,1-2H3,(H,21,24)(H,22,26)/t18-/m0/s1. The van der Waals surface area contributed by atoms with Gasteiger partial charge in [0.25, 0.3) is 11.8 Å². The molecule has 2 aromatic rings. The smallest absolute Gasteiger partial charge is 0.329 e. The molecule has 152 valence electrons. The zero-order valence-corrected chi connectivity index (χ0v) is 16.8. The lowest BCUT2D eigenvalue weighted by Gasteiger charge is -2.29. The number of fused-ring (bicyclic) bond motifs is 1. The van der Waals surface area contributed by atoms with Gasteiger partial charge in [-0.05, 0) is 29.5 Å². The largest absolute Gasteiger partial charge is 0.454 e. The summed E-state index contributed by atoms with van der Waals surface area (Å²) >= 11 is 1.26. The monoisotopic (exact) mass is 415 g/mol. The lowest BCUT2D eigenvalue weighted by atomic mass is 10.0. The number of esters is 1. The predicted octanol–water partition coefficient (Wildman–Crippen LogP) is 2.03. The minimum Gasteiger partial charge on any atom is -0.454 e. The molecular formula is C20H21N3O5S. The van der Waals surface area contributed by atoms with E-state index in [1.54, 1.807) is 55.6 Å². The van der Waals surface area contributed by atoms with Gasteiger partial charge in [-0.15, -0.1) is 11.3 Å². The van der Waals surface area contributed by atoms with Crippen molar-refractivity contribution < 1.29 is 23.9 Å². The van der Waals surface area contributed by atoms with Gasteiger partial charge in [-0.2, -0.15) is 0 Å². The van der Waals surface area contributed by atoms with Gasteiger partial charge < -0.3 is 15.4 Å². The maximum Gasteiger partial charge on any atom is 0.329 e. The van der Waals surface area contributed by atoms with E-state index in [4.69, 9.17) is 4.74 Å². The summed E-state index contributed by atoms with van der Waals surface area (Å²) in [6, 6.07) is 9.39. The van der Waals surface area contributed by atoms with Crippen molar-refractivity contribution >= 4 is 46.4 Å². The minimum absolute atomic E-state index is 0.157. The van der Waals surface area contributed by atoms with Gasteiger partial charge in [-0.3, -0.25) is 19.3 Å². The summed E-state index contributed by atoms with van der Waals surface area (Å²) in [4.78, 5) is 51.0. The van der Waals surface area contributed by atoms with Crippen molar-refractivity contribution in [2.75, 3.05) is 23.4 Å². The van der Waals surface area contributed by atoms with Gasteiger partial charge in [-0.1, -0.05) is 32.0 Å². The van der Waals surface area contributed by atoms with Crippen LogP contribution in [0.15, 0.2) is 41.8 Å². The van der Waals surface area contributed by atoms with Crippen LogP contribution in [0, 0.1) is 5.92 Å². The fourth-order valence-corrected chi connectivity index (χ4v) is 3.50. The Balaban J connectivity index is 1.63. The maximum absolute atomic E-state index is 12.6. The Bertz CT molecular complexity index is 926. The SMILES string of the molecule is CC(C)[C@H](NC(=O)c1cccs1)C(=O)OCC(=O)N1CC(=O)Nc2ccccc21. The van der Waals surface area contributed by atoms with Gasteiger partial charge in [0.1, 0.15) is 12.6 Å². The number of carbonyl (C=O) groups excluding carboxylic acids is 4. The molecule has 0 fully saturated rings. The number of carbonyl (C=O) groups is 4. The average molecular weight is 415 g/mol. The zero-order valence-electron chi connectivity index (χ0n) is 16.0. The Kier molecular flexibility index (Phi) is 6.28. The first-order valence-corrected chi connectivity index (χ1v) is 9.95. The maximum atomic E-state index is 12.6. The quantitative estimate of drug-likeness (QED) is 0.703. The molecule has 9 heteroatoms. The molecule has 1 aromatic heterocycles. The van der Waals surface area contributed by atoms with Gasteiger partial charge in [0.05, 0.1) is 16.3 Å². The normalized spacial score (nSPS) is 14.0. The number of thiophene rings is 1. The Hall–Kier alpha value is -3.20. The first-order chi connectivity index (χ1) is 13.9. The fraction of sp³-hybridized carbons (Fsp3) is 0.300. The van der Waals surface area contributed by atoms with Gasteiger partial charge in [0, 0.05) is 0 Å². The van der Waals surface area contributed by atoms with E-state index in [9.17, 15) is 19.2 Å². The van der Waals surface area contributed by atoms with Crippen LogP contribution in [0.2, 0.25) is 0 Å². The Morgan fingerprint density at radius 2 is 1.97 bits per heavy atom. The van der Waals surface area contributed by atoms with Gasteiger partial charge in [0.15, 0.2) is 6.61 Å². The third kappa shape index (κ3) is 4.80. The van der Waals surface area contributed by atoms with Crippen LogP contribution in [0.5, 0.6) is 0 Å². The number of hydrogen-bond donors (Lipinski definition) is 2. The van der Waals surface area contributed by atoms with E-state index < -0.39 is 24.5 Å². The van der Waals surface area contributed by atoms with Crippen LogP contribution in [0.1, 0.15) is 23.5 Å². The Labute approximate surface area is 171 Å². The average Bonchev–Trinajstić information content (AvgIpc) is 3.23. The zero-order chi connectivity index (χ0) is 21.0. The second-order valence-corrected chi connectivity index (χ2v) is 7.77. The first-order valence-electron chi connectivity index (χ1n) is 9.07. The molecule has 3 amide bonds. The highest BCUT2D eigenvalue weighted by molar-refractivity contribution is 7.12. The molecule has 0 spiro atoms. The number of hydrogen-bond acceptors (Lipinski definition) is 6. The summed E-state index contributed by atoms with van der Waals surface area (Å²) in [5.74, 6) is -2.15. The highest BCUT2D eigenvalue weighted by atomic mass is 32.1. The van der Waals surface area contributed by atoms with E-state index in [1.165, 1.54) is 16.2 Å². The first kappa shape index (κ1) is 20.5. The molecule has 0 bridgehead atoms. The summed E-state index contributed by atoms with van der Waals surface area (Å²) in [6.07, 6.45) is 0. The van der Waals surface area contributed by atoms with Crippen LogP contribution >= 0.6 is 11.3 Å². The fourth-order valence-electron chi connectivity index (χ4n) is 2.87. The molecule has 29 heavy (non-hydrogen) atoms. The summed E-state index contributed by atoms with van der Waals surface area (Å²) < 4.78 is 5.18. The van der Waals surface area contributed by atoms with Crippen LogP contribution in [-0.2, 0) is 19.1 Å². The van der Waals surface area contributed by atoms with Crippen molar-refractivity contribution in [1.82, 2.24) is 5.32 Å². The van der Waals surface area contributed by atoms with Crippen LogP contribution < -0.4 is 15.5 Å². The third-order valence-corrected chi connectivity index (χ3v) is 5.23. The van der Waals surface area contributed by atoms with Gasteiger partial charge >= 0.3 is 5.97 Å². The van der Waals surface area contributed by atoms with Crippen LogP contribution in [0.25, 0.3) is 0 Å². The number of anilines is 2. The molecule has 1 aliphatic heterocycles. The number of benzene rings is 1. The van der Waals surface area contributed by atoms with Crippen LogP contribution in [0.4, 0.5) is 11.4 Å². The molecule has 1 aromatic carbocycles. The van der Waals surface area contributed by atoms with Crippen molar-refractivity contribution in [3.05, 3.63) is 46.7 Å². The molecule has 0 saturated heterocycles. The lowest BCUT2D eigenvalue weighted by Crippen LogP contribution is -2.47. The van der Waals surface area contributed by atoms with Crippen molar-refractivity contribution in [3.63, 3.8) is 0 Å². The molecule has 2 N–H and O–H groups in total. The van der Waals surface area contributed by atoms with Gasteiger partial charge in [0.2, 0.25) is 5.91 Å². The Morgan fingerprint density at radius 3 is 2.66 bits per heavy atom. The number of ether oxygens (including phenoxy) is 1. The van der Waals surface area contributed by atoms with Crippen molar-refractivity contribution in [2.24, 2.45) is 5.92 Å². The predicted molar refractivity (Wildman–Crippen MR) is 109 cm³/mol. The lowest BCUT2D eigenvalue weighted by molar-refractivity contribution is -0.150.